The lowest BCUT2D eigenvalue weighted by Crippen LogP contribution is -2.45. The van der Waals surface area contributed by atoms with Crippen molar-refractivity contribution in [1.82, 2.24) is 19.7 Å². The normalized spacial score (nSPS) is 14.9. The molecule has 31 heavy (non-hydrogen) atoms. The summed E-state index contributed by atoms with van der Waals surface area (Å²) in [6.45, 7) is 10.9. The number of pyridine rings is 1. The number of piperazine rings is 1. The van der Waals surface area contributed by atoms with Gasteiger partial charge in [-0.1, -0.05) is 24.8 Å². The van der Waals surface area contributed by atoms with Gasteiger partial charge in [0.25, 0.3) is 5.91 Å². The summed E-state index contributed by atoms with van der Waals surface area (Å²) in [5.41, 5.74) is 14.3. The van der Waals surface area contributed by atoms with Gasteiger partial charge in [0.2, 0.25) is 0 Å². The first-order valence-electron chi connectivity index (χ1n) is 10.6. The number of carbonyl (C=O) groups excluding carboxylic acids is 1. The molecule has 8 heteroatoms. The van der Waals surface area contributed by atoms with Crippen molar-refractivity contribution in [2.24, 2.45) is 5.73 Å². The largest absolute Gasteiger partial charge is 0.397 e. The van der Waals surface area contributed by atoms with Crippen LogP contribution in [0.4, 0.5) is 11.4 Å². The second-order valence-electron chi connectivity index (χ2n) is 8.00. The number of carbonyl (C=O) groups is 1. The van der Waals surface area contributed by atoms with Gasteiger partial charge in [-0.2, -0.15) is 0 Å². The first-order chi connectivity index (χ1) is 14.9. The van der Waals surface area contributed by atoms with Crippen LogP contribution in [-0.4, -0.2) is 71.9 Å². The molecule has 0 unspecified atom stereocenters. The van der Waals surface area contributed by atoms with Crippen molar-refractivity contribution in [2.45, 2.75) is 13.0 Å². The summed E-state index contributed by atoms with van der Waals surface area (Å²) in [4.78, 5) is 23.7. The highest BCUT2D eigenvalue weighted by atomic mass is 16.1. The number of nitrogens with two attached hydrogens (primary N) is 2. The Balaban J connectivity index is 1.51. The summed E-state index contributed by atoms with van der Waals surface area (Å²) < 4.78 is 0. The first kappa shape index (κ1) is 22.6. The topological polar surface area (TPSA) is 104 Å². The summed E-state index contributed by atoms with van der Waals surface area (Å²) in [6, 6.07) is 10.7. The van der Waals surface area contributed by atoms with Gasteiger partial charge in [0, 0.05) is 45.5 Å². The summed E-state index contributed by atoms with van der Waals surface area (Å²) in [5.74, 6) is 0.247. The predicted molar refractivity (Wildman–Crippen MR) is 125 cm³/mol. The molecular weight excluding hydrogens is 390 g/mol. The monoisotopic (exact) mass is 423 g/mol. The minimum atomic E-state index is -0.295. The molecule has 8 nitrogen and oxygen atoms in total. The molecule has 2 aromatic rings. The van der Waals surface area contributed by atoms with Crippen LogP contribution < -0.4 is 16.8 Å². The van der Waals surface area contributed by atoms with E-state index in [9.17, 15) is 4.79 Å². The van der Waals surface area contributed by atoms with E-state index in [0.717, 1.165) is 51.3 Å². The maximum Gasteiger partial charge on any atom is 0.274 e. The molecule has 0 atom stereocenters. The number of hydrogen-bond acceptors (Lipinski definition) is 7. The van der Waals surface area contributed by atoms with Gasteiger partial charge in [-0.3, -0.25) is 9.78 Å². The summed E-state index contributed by atoms with van der Waals surface area (Å²) in [6.07, 6.45) is 2.73. The lowest BCUT2D eigenvalue weighted by Gasteiger charge is -2.33. The maximum absolute atomic E-state index is 12.4. The van der Waals surface area contributed by atoms with Crippen LogP contribution in [0.3, 0.4) is 0 Å². The molecule has 1 fully saturated rings. The molecular formula is C23H33N7O. The number of nitrogens with zero attached hydrogens (tertiary/aromatic N) is 4. The Morgan fingerprint density at radius 1 is 1.19 bits per heavy atom. The van der Waals surface area contributed by atoms with Crippen molar-refractivity contribution < 1.29 is 4.79 Å². The van der Waals surface area contributed by atoms with Crippen molar-refractivity contribution in [3.05, 3.63) is 66.3 Å². The van der Waals surface area contributed by atoms with Gasteiger partial charge in [0.05, 0.1) is 17.2 Å². The van der Waals surface area contributed by atoms with Crippen molar-refractivity contribution in [3.8, 4) is 0 Å². The zero-order chi connectivity index (χ0) is 22.2. The third kappa shape index (κ3) is 6.70. The van der Waals surface area contributed by atoms with Gasteiger partial charge in [0.15, 0.2) is 0 Å². The molecule has 0 aliphatic carbocycles. The standard InChI is InChI=1S/C23H33N7O/c1-18(24)30(11-5-10-29-14-12-28(2)13-15-29)17-19-8-9-22(26-16-19)23(31)27-21-7-4-3-6-20(21)25/h3-4,6-9,16H,1,5,10-15,17,24-25H2,2H3,(H,27,31). The molecule has 1 aromatic carbocycles. The van der Waals surface area contributed by atoms with Crippen molar-refractivity contribution >= 4 is 17.3 Å². The molecule has 166 valence electrons. The average molecular weight is 424 g/mol. The minimum absolute atomic E-state index is 0.295. The zero-order valence-corrected chi connectivity index (χ0v) is 18.3. The Kier molecular flexibility index (Phi) is 7.86. The predicted octanol–water partition coefficient (Wildman–Crippen LogP) is 1.79. The van der Waals surface area contributed by atoms with Crippen LogP contribution in [0.5, 0.6) is 0 Å². The first-order valence-corrected chi connectivity index (χ1v) is 10.6. The number of likely N-dealkylation sites (N-methyl/N-ethyl adjacent to an activating group) is 1. The van der Waals surface area contributed by atoms with Crippen LogP contribution in [0.15, 0.2) is 55.0 Å². The third-order valence-electron chi connectivity index (χ3n) is 5.54. The molecule has 0 radical (unpaired) electrons. The highest BCUT2D eigenvalue weighted by Gasteiger charge is 2.15. The van der Waals surface area contributed by atoms with E-state index in [1.54, 1.807) is 24.4 Å². The Morgan fingerprint density at radius 2 is 1.94 bits per heavy atom. The fraction of sp³-hybridized carbons (Fsp3) is 0.391. The number of nitrogens with one attached hydrogen (secondary N) is 1. The number of para-hydroxylation sites is 2. The third-order valence-corrected chi connectivity index (χ3v) is 5.54. The Morgan fingerprint density at radius 3 is 2.58 bits per heavy atom. The van der Waals surface area contributed by atoms with E-state index in [1.807, 2.05) is 18.2 Å². The quantitative estimate of drug-likeness (QED) is 0.528. The van der Waals surface area contributed by atoms with E-state index in [-0.39, 0.29) is 5.91 Å². The van der Waals surface area contributed by atoms with E-state index in [4.69, 9.17) is 11.5 Å². The van der Waals surface area contributed by atoms with Crippen molar-refractivity contribution in [1.29, 1.82) is 0 Å². The molecule has 2 heterocycles. The van der Waals surface area contributed by atoms with Gasteiger partial charge < -0.3 is 31.5 Å². The molecule has 1 aliphatic heterocycles. The number of benzene rings is 1. The highest BCUT2D eigenvalue weighted by Crippen LogP contribution is 2.17. The molecule has 0 saturated carbocycles. The molecule has 1 aromatic heterocycles. The second-order valence-corrected chi connectivity index (χ2v) is 8.00. The number of rotatable bonds is 9. The van der Waals surface area contributed by atoms with Crippen molar-refractivity contribution in [2.75, 3.05) is 57.4 Å². The zero-order valence-electron chi connectivity index (χ0n) is 18.3. The van der Waals surface area contributed by atoms with Gasteiger partial charge >= 0.3 is 0 Å². The Bertz CT molecular complexity index is 876. The number of nitrogen functional groups attached to an aromatic ring is 1. The van der Waals surface area contributed by atoms with Crippen molar-refractivity contribution in [3.63, 3.8) is 0 Å². The van der Waals surface area contributed by atoms with Gasteiger partial charge in [-0.15, -0.1) is 0 Å². The molecule has 3 rings (SSSR count). The van der Waals surface area contributed by atoms with Gasteiger partial charge in [-0.05, 0) is 43.8 Å². The molecule has 0 spiro atoms. The molecule has 1 saturated heterocycles. The fourth-order valence-corrected chi connectivity index (χ4v) is 3.55. The smallest absolute Gasteiger partial charge is 0.274 e. The van der Waals surface area contributed by atoms with Gasteiger partial charge in [0.1, 0.15) is 5.69 Å². The summed E-state index contributed by atoms with van der Waals surface area (Å²) in [5, 5.41) is 2.79. The summed E-state index contributed by atoms with van der Waals surface area (Å²) in [7, 11) is 2.16. The van der Waals surface area contributed by atoms with Crippen LogP contribution >= 0.6 is 0 Å². The Labute approximate surface area is 184 Å². The number of anilines is 2. The average Bonchev–Trinajstić information content (AvgIpc) is 2.76. The molecule has 1 amide bonds. The van der Waals surface area contributed by atoms with E-state index in [0.29, 0.717) is 29.4 Å². The van der Waals surface area contributed by atoms with E-state index >= 15 is 0 Å². The lowest BCUT2D eigenvalue weighted by atomic mass is 10.2. The number of hydrogen-bond donors (Lipinski definition) is 3. The maximum atomic E-state index is 12.4. The number of aromatic nitrogens is 1. The van der Waals surface area contributed by atoms with E-state index in [2.05, 4.69) is 38.6 Å². The summed E-state index contributed by atoms with van der Waals surface area (Å²) >= 11 is 0. The minimum Gasteiger partial charge on any atom is -0.397 e. The lowest BCUT2D eigenvalue weighted by molar-refractivity contribution is 0.102. The Hall–Kier alpha value is -3.10. The molecule has 0 bridgehead atoms. The SMILES string of the molecule is C=C(N)N(CCCN1CCN(C)CC1)Cc1ccc(C(=O)Nc2ccccc2N)nc1. The van der Waals surface area contributed by atoms with Crippen LogP contribution in [0, 0.1) is 0 Å². The van der Waals surface area contributed by atoms with Crippen LogP contribution in [0.2, 0.25) is 0 Å². The molecule has 5 N–H and O–H groups in total. The fourth-order valence-electron chi connectivity index (χ4n) is 3.55. The molecule has 1 aliphatic rings. The highest BCUT2D eigenvalue weighted by molar-refractivity contribution is 6.04. The van der Waals surface area contributed by atoms with Crippen LogP contribution in [-0.2, 0) is 6.54 Å². The van der Waals surface area contributed by atoms with E-state index < -0.39 is 0 Å². The number of amides is 1. The van der Waals surface area contributed by atoms with Crippen LogP contribution in [0.25, 0.3) is 0 Å². The van der Waals surface area contributed by atoms with Gasteiger partial charge in [-0.25, -0.2) is 0 Å². The van der Waals surface area contributed by atoms with Crippen LogP contribution in [0.1, 0.15) is 22.5 Å². The van der Waals surface area contributed by atoms with E-state index in [1.165, 1.54) is 0 Å². The second kappa shape index (κ2) is 10.8.